The van der Waals surface area contributed by atoms with Crippen molar-refractivity contribution in [2.24, 2.45) is 5.92 Å². The number of thiophene rings is 1. The van der Waals surface area contributed by atoms with Crippen LogP contribution in [0, 0.1) is 5.92 Å². The van der Waals surface area contributed by atoms with E-state index in [2.05, 4.69) is 15.9 Å². The van der Waals surface area contributed by atoms with Crippen LogP contribution in [0.25, 0.3) is 0 Å². The Balaban J connectivity index is 2.81. The molecule has 0 bridgehead atoms. The quantitative estimate of drug-likeness (QED) is 0.476. The van der Waals surface area contributed by atoms with Crippen molar-refractivity contribution in [1.82, 2.24) is 0 Å². The standard InChI is InChI=1S/C11H13BrO3S/c1-3-7(11(14)15-4-2)10(13)8-5-6-9(12)16-8/h5-7H,3-4H2,1-2H3. The number of Topliss-reactive ketones (excluding diaryl/α,β-unsaturated/α-hetero) is 1. The molecule has 16 heavy (non-hydrogen) atoms. The number of carbonyl (C=O) groups excluding carboxylic acids is 2. The van der Waals surface area contributed by atoms with E-state index in [0.717, 1.165) is 3.79 Å². The molecule has 0 aromatic carbocycles. The van der Waals surface area contributed by atoms with Crippen LogP contribution in [0.5, 0.6) is 0 Å². The molecule has 0 amide bonds. The van der Waals surface area contributed by atoms with Crippen LogP contribution in [0.15, 0.2) is 15.9 Å². The van der Waals surface area contributed by atoms with Gasteiger partial charge >= 0.3 is 5.97 Å². The van der Waals surface area contributed by atoms with E-state index >= 15 is 0 Å². The molecule has 1 atom stereocenters. The lowest BCUT2D eigenvalue weighted by molar-refractivity contribution is -0.146. The van der Waals surface area contributed by atoms with Crippen LogP contribution in [0.4, 0.5) is 0 Å². The number of rotatable bonds is 5. The molecular weight excluding hydrogens is 292 g/mol. The first-order valence-electron chi connectivity index (χ1n) is 5.06. The van der Waals surface area contributed by atoms with E-state index < -0.39 is 11.9 Å². The van der Waals surface area contributed by atoms with Gasteiger partial charge in [0.1, 0.15) is 5.92 Å². The summed E-state index contributed by atoms with van der Waals surface area (Å²) in [5.74, 6) is -1.26. The summed E-state index contributed by atoms with van der Waals surface area (Å²) < 4.78 is 5.76. The topological polar surface area (TPSA) is 43.4 Å². The SMILES string of the molecule is CCOC(=O)C(CC)C(=O)c1ccc(Br)s1. The number of carbonyl (C=O) groups is 2. The average molecular weight is 305 g/mol. The van der Waals surface area contributed by atoms with Gasteiger partial charge in [0.05, 0.1) is 15.3 Å². The van der Waals surface area contributed by atoms with Crippen molar-refractivity contribution in [1.29, 1.82) is 0 Å². The maximum Gasteiger partial charge on any atom is 0.316 e. The fourth-order valence-electron chi connectivity index (χ4n) is 1.32. The van der Waals surface area contributed by atoms with Gasteiger partial charge < -0.3 is 4.74 Å². The Hall–Kier alpha value is -0.680. The molecule has 0 N–H and O–H groups in total. The minimum atomic E-state index is -0.675. The van der Waals surface area contributed by atoms with Crippen LogP contribution in [0.1, 0.15) is 29.9 Å². The minimum absolute atomic E-state index is 0.156. The summed E-state index contributed by atoms with van der Waals surface area (Å²) >= 11 is 4.62. The third kappa shape index (κ3) is 3.15. The molecule has 1 aromatic rings. The normalized spacial score (nSPS) is 12.2. The number of hydrogen-bond acceptors (Lipinski definition) is 4. The molecule has 3 nitrogen and oxygen atoms in total. The fraction of sp³-hybridized carbons (Fsp3) is 0.455. The predicted molar refractivity (Wildman–Crippen MR) is 66.8 cm³/mol. The second kappa shape index (κ2) is 6.15. The monoisotopic (exact) mass is 304 g/mol. The number of esters is 1. The van der Waals surface area contributed by atoms with Gasteiger partial charge in [-0.3, -0.25) is 9.59 Å². The highest BCUT2D eigenvalue weighted by Crippen LogP contribution is 2.25. The van der Waals surface area contributed by atoms with Gasteiger partial charge in [-0.2, -0.15) is 0 Å². The van der Waals surface area contributed by atoms with Gasteiger partial charge in [-0.05, 0) is 41.4 Å². The first-order chi connectivity index (χ1) is 7.60. The molecule has 5 heteroatoms. The number of ether oxygens (including phenoxy) is 1. The first-order valence-corrected chi connectivity index (χ1v) is 6.67. The van der Waals surface area contributed by atoms with Crippen molar-refractivity contribution in [2.75, 3.05) is 6.61 Å². The van der Waals surface area contributed by atoms with E-state index in [1.54, 1.807) is 19.1 Å². The highest BCUT2D eigenvalue weighted by atomic mass is 79.9. The summed E-state index contributed by atoms with van der Waals surface area (Å²) in [6.45, 7) is 3.84. The highest BCUT2D eigenvalue weighted by Gasteiger charge is 2.27. The second-order valence-electron chi connectivity index (χ2n) is 3.18. The Bertz CT molecular complexity index is 386. The lowest BCUT2D eigenvalue weighted by atomic mass is 10.0. The molecule has 88 valence electrons. The molecule has 0 fully saturated rings. The Kier molecular flexibility index (Phi) is 5.15. The third-order valence-corrected chi connectivity index (χ3v) is 3.75. The maximum atomic E-state index is 12.0. The van der Waals surface area contributed by atoms with Crippen molar-refractivity contribution in [2.45, 2.75) is 20.3 Å². The largest absolute Gasteiger partial charge is 0.465 e. The first kappa shape index (κ1) is 13.4. The molecule has 1 rings (SSSR count). The molecular formula is C11H13BrO3S. The molecule has 0 saturated heterocycles. The van der Waals surface area contributed by atoms with E-state index in [0.29, 0.717) is 17.9 Å². The lowest BCUT2D eigenvalue weighted by Gasteiger charge is -2.10. The van der Waals surface area contributed by atoms with Crippen LogP contribution in [0.2, 0.25) is 0 Å². The molecule has 0 aliphatic heterocycles. The van der Waals surface area contributed by atoms with E-state index in [9.17, 15) is 9.59 Å². The molecule has 1 aromatic heterocycles. The Morgan fingerprint density at radius 1 is 1.44 bits per heavy atom. The summed E-state index contributed by atoms with van der Waals surface area (Å²) in [5.41, 5.74) is 0. The summed E-state index contributed by atoms with van der Waals surface area (Å²) in [7, 11) is 0. The van der Waals surface area contributed by atoms with Crippen LogP contribution < -0.4 is 0 Å². The van der Waals surface area contributed by atoms with Crippen LogP contribution in [-0.4, -0.2) is 18.4 Å². The summed E-state index contributed by atoms with van der Waals surface area (Å²) in [6.07, 6.45) is 0.465. The zero-order valence-corrected chi connectivity index (χ0v) is 11.6. The molecule has 0 aliphatic carbocycles. The lowest BCUT2D eigenvalue weighted by Crippen LogP contribution is -2.25. The summed E-state index contributed by atoms with van der Waals surface area (Å²) in [4.78, 5) is 24.1. The molecule has 0 spiro atoms. The van der Waals surface area contributed by atoms with Crippen molar-refractivity contribution >= 4 is 39.0 Å². The van der Waals surface area contributed by atoms with E-state index in [4.69, 9.17) is 4.74 Å². The highest BCUT2D eigenvalue weighted by molar-refractivity contribution is 9.11. The predicted octanol–water partition coefficient (Wildman–Crippen LogP) is 3.28. The maximum absolute atomic E-state index is 12.0. The Morgan fingerprint density at radius 3 is 2.56 bits per heavy atom. The average Bonchev–Trinajstić information content (AvgIpc) is 2.66. The van der Waals surface area contributed by atoms with Gasteiger partial charge in [-0.1, -0.05) is 6.92 Å². The van der Waals surface area contributed by atoms with Crippen LogP contribution >= 0.6 is 27.3 Å². The zero-order valence-electron chi connectivity index (χ0n) is 9.16. The van der Waals surface area contributed by atoms with Gasteiger partial charge in [-0.15, -0.1) is 11.3 Å². The van der Waals surface area contributed by atoms with Crippen molar-refractivity contribution < 1.29 is 14.3 Å². The van der Waals surface area contributed by atoms with E-state index in [-0.39, 0.29) is 5.78 Å². The fourth-order valence-corrected chi connectivity index (χ4v) is 2.70. The number of hydrogen-bond donors (Lipinski definition) is 0. The Labute approximate surface area is 107 Å². The summed E-state index contributed by atoms with van der Waals surface area (Å²) in [5, 5.41) is 0. The molecule has 0 saturated carbocycles. The van der Waals surface area contributed by atoms with Gasteiger partial charge in [0.25, 0.3) is 0 Å². The third-order valence-electron chi connectivity index (χ3n) is 2.11. The molecule has 1 heterocycles. The zero-order chi connectivity index (χ0) is 12.1. The van der Waals surface area contributed by atoms with Gasteiger partial charge in [-0.25, -0.2) is 0 Å². The molecule has 0 aliphatic rings. The number of ketones is 1. The van der Waals surface area contributed by atoms with Gasteiger partial charge in [0, 0.05) is 0 Å². The van der Waals surface area contributed by atoms with Crippen LogP contribution in [-0.2, 0) is 9.53 Å². The van der Waals surface area contributed by atoms with Crippen molar-refractivity contribution in [3.63, 3.8) is 0 Å². The van der Waals surface area contributed by atoms with Gasteiger partial charge in [0.15, 0.2) is 5.78 Å². The van der Waals surface area contributed by atoms with E-state index in [1.165, 1.54) is 11.3 Å². The van der Waals surface area contributed by atoms with Crippen molar-refractivity contribution in [3.05, 3.63) is 20.8 Å². The van der Waals surface area contributed by atoms with Gasteiger partial charge in [0.2, 0.25) is 0 Å². The van der Waals surface area contributed by atoms with Crippen molar-refractivity contribution in [3.8, 4) is 0 Å². The summed E-state index contributed by atoms with van der Waals surface area (Å²) in [6, 6.07) is 3.52. The number of halogens is 1. The smallest absolute Gasteiger partial charge is 0.316 e. The molecule has 1 unspecified atom stereocenters. The molecule has 0 radical (unpaired) electrons. The second-order valence-corrected chi connectivity index (χ2v) is 5.64. The Morgan fingerprint density at radius 2 is 2.12 bits per heavy atom. The van der Waals surface area contributed by atoms with Crippen LogP contribution in [0.3, 0.4) is 0 Å². The van der Waals surface area contributed by atoms with E-state index in [1.807, 2.05) is 6.92 Å². The minimum Gasteiger partial charge on any atom is -0.465 e.